The predicted molar refractivity (Wildman–Crippen MR) is 173 cm³/mol. The molecule has 3 atom stereocenters. The summed E-state index contributed by atoms with van der Waals surface area (Å²) in [6, 6.07) is 14.0. The minimum absolute atomic E-state index is 0.0665. The highest BCUT2D eigenvalue weighted by molar-refractivity contribution is 6.13. The number of rotatable bonds is 9. The molecule has 49 heavy (non-hydrogen) atoms. The molecule has 2 aliphatic rings. The number of benzene rings is 3. The molecule has 14 heteroatoms. The topological polar surface area (TPSA) is 133 Å². The van der Waals surface area contributed by atoms with E-state index in [-0.39, 0.29) is 46.1 Å². The Morgan fingerprint density at radius 3 is 2.35 bits per heavy atom. The molecule has 3 heterocycles. The number of methoxy groups -OCH3 is 1. The van der Waals surface area contributed by atoms with Gasteiger partial charge in [-0.2, -0.15) is 19.1 Å². The van der Waals surface area contributed by atoms with E-state index < -0.39 is 41.7 Å². The van der Waals surface area contributed by atoms with Crippen molar-refractivity contribution < 1.29 is 32.3 Å². The standard InChI is InChI=1S/C35H32F3N7O4/c1-4-40-32(46)20(2)43-18-28-29(19-43)45-31(27(17-41-45)42-33(47)21-5-14-30(49-3)22(15-21)16-39)34(48)44(28)26-12-8-24(9-13-26)35(37,38)23-6-10-25(36)11-7-23/h5-15,17,20,28-29H,4,18-19H2,1-3H3,(H,40,46)(H,42,47)/t20-,28-,29+/m0/s1. The molecule has 252 valence electrons. The number of alkyl halides is 2. The van der Waals surface area contributed by atoms with Crippen molar-refractivity contribution in [1.29, 1.82) is 5.26 Å². The third-order valence-electron chi connectivity index (χ3n) is 8.97. The van der Waals surface area contributed by atoms with Gasteiger partial charge < -0.3 is 20.3 Å². The Kier molecular flexibility index (Phi) is 8.87. The predicted octanol–water partition coefficient (Wildman–Crippen LogP) is 4.71. The number of nitrogens with zero attached hydrogens (tertiary/aromatic N) is 5. The molecule has 0 bridgehead atoms. The number of carbonyl (C=O) groups is 3. The second-order valence-corrected chi connectivity index (χ2v) is 11.8. The number of likely N-dealkylation sites (tertiary alicyclic amines) is 1. The fourth-order valence-corrected chi connectivity index (χ4v) is 6.38. The van der Waals surface area contributed by atoms with Gasteiger partial charge in [-0.05, 0) is 68.4 Å². The average molecular weight is 672 g/mol. The van der Waals surface area contributed by atoms with Crippen LogP contribution in [-0.4, -0.2) is 71.2 Å². The molecule has 0 radical (unpaired) electrons. The minimum Gasteiger partial charge on any atom is -0.495 e. The Hall–Kier alpha value is -5.68. The minimum atomic E-state index is -3.43. The van der Waals surface area contributed by atoms with Crippen LogP contribution in [0.25, 0.3) is 0 Å². The highest BCUT2D eigenvalue weighted by atomic mass is 19.3. The van der Waals surface area contributed by atoms with Crippen LogP contribution < -0.4 is 20.3 Å². The summed E-state index contributed by atoms with van der Waals surface area (Å²) in [5, 5.41) is 19.5. The van der Waals surface area contributed by atoms with Gasteiger partial charge in [-0.15, -0.1) is 0 Å². The number of aromatic nitrogens is 2. The number of ether oxygens (including phenoxy) is 1. The van der Waals surface area contributed by atoms with Crippen molar-refractivity contribution in [3.8, 4) is 11.8 Å². The van der Waals surface area contributed by atoms with E-state index in [2.05, 4.69) is 15.7 Å². The molecular formula is C35H32F3N7O4. The number of nitrogens with one attached hydrogen (secondary N) is 2. The van der Waals surface area contributed by atoms with Gasteiger partial charge in [0.2, 0.25) is 5.91 Å². The van der Waals surface area contributed by atoms with E-state index in [1.807, 2.05) is 17.9 Å². The van der Waals surface area contributed by atoms with E-state index in [9.17, 15) is 24.0 Å². The molecule has 0 spiro atoms. The van der Waals surface area contributed by atoms with E-state index in [0.717, 1.165) is 24.3 Å². The van der Waals surface area contributed by atoms with Gasteiger partial charge in [-0.3, -0.25) is 24.0 Å². The van der Waals surface area contributed by atoms with Crippen LogP contribution in [0.15, 0.2) is 72.9 Å². The maximum atomic E-state index is 15.4. The van der Waals surface area contributed by atoms with E-state index in [0.29, 0.717) is 24.5 Å². The van der Waals surface area contributed by atoms with E-state index in [1.165, 1.54) is 65.4 Å². The van der Waals surface area contributed by atoms with Gasteiger partial charge in [0, 0.05) is 42.0 Å². The third kappa shape index (κ3) is 5.97. The molecule has 6 rings (SSSR count). The van der Waals surface area contributed by atoms with E-state index in [1.54, 1.807) is 6.92 Å². The molecule has 1 fully saturated rings. The zero-order valence-electron chi connectivity index (χ0n) is 26.8. The van der Waals surface area contributed by atoms with Crippen molar-refractivity contribution in [3.05, 3.63) is 107 Å². The van der Waals surface area contributed by atoms with Crippen LogP contribution in [0.1, 0.15) is 57.4 Å². The molecule has 3 aromatic carbocycles. The van der Waals surface area contributed by atoms with Crippen LogP contribution in [0.4, 0.5) is 24.5 Å². The first-order valence-corrected chi connectivity index (χ1v) is 15.5. The zero-order chi connectivity index (χ0) is 35.0. The Labute approximate surface area is 279 Å². The normalized spacial score (nSPS) is 17.9. The van der Waals surface area contributed by atoms with Crippen molar-refractivity contribution in [2.45, 2.75) is 37.9 Å². The third-order valence-corrected chi connectivity index (χ3v) is 8.97. The average Bonchev–Trinajstić information content (AvgIpc) is 3.73. The van der Waals surface area contributed by atoms with Crippen molar-refractivity contribution in [2.24, 2.45) is 0 Å². The number of anilines is 2. The number of likely N-dealkylation sites (N-methyl/N-ethyl adjacent to an activating group) is 1. The highest BCUT2D eigenvalue weighted by Gasteiger charge is 2.49. The van der Waals surface area contributed by atoms with Crippen molar-refractivity contribution in [2.75, 3.05) is 37.0 Å². The first-order chi connectivity index (χ1) is 23.5. The largest absolute Gasteiger partial charge is 0.495 e. The maximum absolute atomic E-state index is 15.4. The summed E-state index contributed by atoms with van der Waals surface area (Å²) < 4.78 is 50.9. The molecule has 11 nitrogen and oxygen atoms in total. The van der Waals surface area contributed by atoms with Crippen LogP contribution in [0.5, 0.6) is 5.75 Å². The van der Waals surface area contributed by atoms with Crippen molar-refractivity contribution in [1.82, 2.24) is 20.0 Å². The van der Waals surface area contributed by atoms with Gasteiger partial charge in [0.05, 0.1) is 42.7 Å². The first kappa shape index (κ1) is 33.2. The molecule has 2 N–H and O–H groups in total. The van der Waals surface area contributed by atoms with Gasteiger partial charge in [0.15, 0.2) is 5.69 Å². The molecule has 1 aromatic heterocycles. The number of carbonyl (C=O) groups excluding carboxylic acids is 3. The molecule has 4 aromatic rings. The second-order valence-electron chi connectivity index (χ2n) is 11.8. The summed E-state index contributed by atoms with van der Waals surface area (Å²) >= 11 is 0. The lowest BCUT2D eigenvalue weighted by Crippen LogP contribution is -2.51. The lowest BCUT2D eigenvalue weighted by atomic mass is 9.99. The van der Waals surface area contributed by atoms with E-state index >= 15 is 8.78 Å². The summed E-state index contributed by atoms with van der Waals surface area (Å²) in [4.78, 5) is 43.9. The summed E-state index contributed by atoms with van der Waals surface area (Å²) in [6.07, 6.45) is 1.36. The lowest BCUT2D eigenvalue weighted by Gasteiger charge is -2.37. The Bertz CT molecular complexity index is 1960. The van der Waals surface area contributed by atoms with Crippen LogP contribution in [0, 0.1) is 17.1 Å². The summed E-state index contributed by atoms with van der Waals surface area (Å²) in [7, 11) is 1.41. The van der Waals surface area contributed by atoms with E-state index in [4.69, 9.17) is 4.74 Å². The molecule has 2 aliphatic heterocycles. The smallest absolute Gasteiger partial charge is 0.298 e. The quantitative estimate of drug-likeness (QED) is 0.264. The van der Waals surface area contributed by atoms with Crippen LogP contribution in [-0.2, 0) is 10.7 Å². The van der Waals surface area contributed by atoms with Gasteiger partial charge in [-0.25, -0.2) is 4.39 Å². The number of nitriles is 1. The number of fused-ring (bicyclic) bond motifs is 3. The van der Waals surface area contributed by atoms with Gasteiger partial charge in [0.1, 0.15) is 17.6 Å². The van der Waals surface area contributed by atoms with Crippen LogP contribution in [0.2, 0.25) is 0 Å². The SMILES string of the molecule is CCNC(=O)[C@H](C)N1C[C@@H]2[C@H](C1)N(c1ccc(C(F)(F)c3ccc(F)cc3)cc1)C(=O)c1c(NC(=O)c3ccc(OC)c(C#N)c3)cnn12. The lowest BCUT2D eigenvalue weighted by molar-refractivity contribution is -0.125. The van der Waals surface area contributed by atoms with Crippen molar-refractivity contribution >= 4 is 29.1 Å². The molecule has 3 amide bonds. The van der Waals surface area contributed by atoms with Gasteiger partial charge >= 0.3 is 0 Å². The highest BCUT2D eigenvalue weighted by Crippen LogP contribution is 2.41. The molecule has 0 saturated carbocycles. The summed E-state index contributed by atoms with van der Waals surface area (Å²) in [5.74, 6) is -5.08. The van der Waals surface area contributed by atoms with Gasteiger partial charge in [-0.1, -0.05) is 12.1 Å². The number of hydrogen-bond donors (Lipinski definition) is 2. The number of halogens is 3. The Morgan fingerprint density at radius 1 is 1.06 bits per heavy atom. The number of hydrogen-bond acceptors (Lipinski definition) is 7. The van der Waals surface area contributed by atoms with Crippen molar-refractivity contribution in [3.63, 3.8) is 0 Å². The summed E-state index contributed by atoms with van der Waals surface area (Å²) in [6.45, 7) is 4.64. The first-order valence-electron chi connectivity index (χ1n) is 15.5. The number of amides is 3. The Balaban J connectivity index is 1.36. The second kappa shape index (κ2) is 13.1. The molecule has 0 aliphatic carbocycles. The summed E-state index contributed by atoms with van der Waals surface area (Å²) in [5.41, 5.74) is 0.0679. The zero-order valence-corrected chi connectivity index (χ0v) is 26.8. The van der Waals surface area contributed by atoms with Gasteiger partial charge in [0.25, 0.3) is 17.7 Å². The molecule has 0 unspecified atom stereocenters. The fraction of sp³-hybridized carbons (Fsp3) is 0.286. The maximum Gasteiger partial charge on any atom is 0.298 e. The molecule has 1 saturated heterocycles. The van der Waals surface area contributed by atoms with Crippen LogP contribution >= 0.6 is 0 Å². The molecular weight excluding hydrogens is 639 g/mol. The Morgan fingerprint density at radius 2 is 1.71 bits per heavy atom. The van der Waals surface area contributed by atoms with Crippen LogP contribution in [0.3, 0.4) is 0 Å². The fourth-order valence-electron chi connectivity index (χ4n) is 6.38. The monoisotopic (exact) mass is 671 g/mol.